The van der Waals surface area contributed by atoms with Gasteiger partial charge in [0, 0.05) is 11.5 Å². The van der Waals surface area contributed by atoms with E-state index in [4.69, 9.17) is 10.5 Å². The Morgan fingerprint density at radius 3 is 2.30 bits per heavy atom. The van der Waals surface area contributed by atoms with Crippen LogP contribution in [0, 0.1) is 5.41 Å². The van der Waals surface area contributed by atoms with Crippen molar-refractivity contribution in [2.24, 2.45) is 11.1 Å². The third kappa shape index (κ3) is 1.18. The van der Waals surface area contributed by atoms with E-state index in [1.54, 1.807) is 0 Å². The summed E-state index contributed by atoms with van der Waals surface area (Å²) in [5, 5.41) is 0. The van der Waals surface area contributed by atoms with Gasteiger partial charge in [0.25, 0.3) is 0 Å². The van der Waals surface area contributed by atoms with Gasteiger partial charge < -0.3 is 10.5 Å². The van der Waals surface area contributed by atoms with E-state index in [9.17, 15) is 0 Å². The van der Waals surface area contributed by atoms with E-state index in [1.807, 2.05) is 0 Å². The van der Waals surface area contributed by atoms with Crippen molar-refractivity contribution in [2.45, 2.75) is 32.7 Å². The maximum absolute atomic E-state index is 5.84. The van der Waals surface area contributed by atoms with Crippen LogP contribution >= 0.6 is 0 Å². The highest BCUT2D eigenvalue weighted by molar-refractivity contribution is 4.91. The summed E-state index contributed by atoms with van der Waals surface area (Å²) < 4.78 is 5.17. The molecule has 1 unspecified atom stereocenters. The third-order valence-electron chi connectivity index (χ3n) is 2.49. The van der Waals surface area contributed by atoms with Crippen molar-refractivity contribution < 1.29 is 4.74 Å². The summed E-state index contributed by atoms with van der Waals surface area (Å²) in [6.07, 6.45) is 2.43. The van der Waals surface area contributed by atoms with Gasteiger partial charge in [-0.05, 0) is 13.3 Å². The smallest absolute Gasteiger partial charge is 0.0559 e. The summed E-state index contributed by atoms with van der Waals surface area (Å²) in [6, 6.07) is 0.293. The molecule has 0 saturated carbocycles. The Kier molecular flexibility index (Phi) is 2.32. The van der Waals surface area contributed by atoms with Crippen molar-refractivity contribution in [1.29, 1.82) is 0 Å². The minimum absolute atomic E-state index is 0.293. The molecule has 0 aromatic heterocycles. The lowest BCUT2D eigenvalue weighted by Gasteiger charge is -2.44. The topological polar surface area (TPSA) is 35.2 Å². The predicted octanol–water partition coefficient (Wildman–Crippen LogP) is 1.15. The number of hydrogen-bond acceptors (Lipinski definition) is 2. The maximum atomic E-state index is 5.84. The zero-order chi connectivity index (χ0) is 7.61. The molecule has 0 aromatic carbocycles. The van der Waals surface area contributed by atoms with Crippen molar-refractivity contribution in [3.8, 4) is 0 Å². The maximum Gasteiger partial charge on any atom is 0.0559 e. The molecule has 0 radical (unpaired) electrons. The van der Waals surface area contributed by atoms with Crippen molar-refractivity contribution in [3.05, 3.63) is 0 Å². The van der Waals surface area contributed by atoms with Gasteiger partial charge in [0.05, 0.1) is 13.2 Å². The zero-order valence-corrected chi connectivity index (χ0v) is 6.89. The Balaban J connectivity index is 2.42. The predicted molar refractivity (Wildman–Crippen MR) is 41.8 cm³/mol. The van der Waals surface area contributed by atoms with Crippen molar-refractivity contribution in [1.82, 2.24) is 0 Å². The molecule has 0 amide bonds. The minimum atomic E-state index is 0.293. The number of ether oxygens (including phenoxy) is 1. The Bertz CT molecular complexity index is 108. The first-order chi connectivity index (χ1) is 4.71. The fourth-order valence-electron chi connectivity index (χ4n) is 1.50. The first-order valence-electron chi connectivity index (χ1n) is 4.04. The van der Waals surface area contributed by atoms with Crippen LogP contribution in [0.15, 0.2) is 0 Å². The van der Waals surface area contributed by atoms with Gasteiger partial charge in [-0.15, -0.1) is 0 Å². The van der Waals surface area contributed by atoms with Gasteiger partial charge in [0.15, 0.2) is 0 Å². The standard InChI is InChI=1S/C8H17NO/c1-3-4-8(7(2)9)5-10-6-8/h7H,3-6,9H2,1-2H3. The highest BCUT2D eigenvalue weighted by atomic mass is 16.5. The molecule has 1 rings (SSSR count). The molecule has 1 atom stereocenters. The molecule has 1 aliphatic rings. The lowest BCUT2D eigenvalue weighted by atomic mass is 9.76. The summed E-state index contributed by atoms with van der Waals surface area (Å²) in [6.45, 7) is 6.03. The monoisotopic (exact) mass is 143 g/mol. The second-order valence-electron chi connectivity index (χ2n) is 3.39. The Labute approximate surface area is 62.7 Å². The van der Waals surface area contributed by atoms with Crippen LogP contribution in [0.4, 0.5) is 0 Å². The van der Waals surface area contributed by atoms with E-state index in [2.05, 4.69) is 13.8 Å². The van der Waals surface area contributed by atoms with Crippen LogP contribution in [0.1, 0.15) is 26.7 Å². The van der Waals surface area contributed by atoms with Gasteiger partial charge in [-0.2, -0.15) is 0 Å². The lowest BCUT2D eigenvalue weighted by molar-refractivity contribution is -0.128. The summed E-state index contributed by atoms with van der Waals surface area (Å²) in [5.41, 5.74) is 6.17. The van der Waals surface area contributed by atoms with Crippen LogP contribution in [0.5, 0.6) is 0 Å². The average molecular weight is 143 g/mol. The van der Waals surface area contributed by atoms with E-state index >= 15 is 0 Å². The van der Waals surface area contributed by atoms with Crippen LogP contribution < -0.4 is 5.73 Å². The van der Waals surface area contributed by atoms with Crippen LogP contribution in [0.3, 0.4) is 0 Å². The molecule has 0 aromatic rings. The summed E-state index contributed by atoms with van der Waals surface area (Å²) in [5.74, 6) is 0. The lowest BCUT2D eigenvalue weighted by Crippen LogP contribution is -2.53. The van der Waals surface area contributed by atoms with Gasteiger partial charge in [-0.25, -0.2) is 0 Å². The first kappa shape index (κ1) is 8.02. The zero-order valence-electron chi connectivity index (χ0n) is 6.89. The Morgan fingerprint density at radius 2 is 2.20 bits per heavy atom. The molecular weight excluding hydrogens is 126 g/mol. The van der Waals surface area contributed by atoms with Crippen molar-refractivity contribution in [3.63, 3.8) is 0 Å². The first-order valence-corrected chi connectivity index (χ1v) is 4.04. The number of rotatable bonds is 3. The second kappa shape index (κ2) is 2.89. The molecule has 2 heteroatoms. The molecule has 1 fully saturated rings. The van der Waals surface area contributed by atoms with E-state index in [1.165, 1.54) is 12.8 Å². The van der Waals surface area contributed by atoms with Crippen LogP contribution in [-0.2, 0) is 4.74 Å². The summed E-state index contributed by atoms with van der Waals surface area (Å²) in [7, 11) is 0. The molecule has 1 aliphatic heterocycles. The van der Waals surface area contributed by atoms with Gasteiger partial charge in [0.1, 0.15) is 0 Å². The highest BCUT2D eigenvalue weighted by Gasteiger charge is 2.40. The minimum Gasteiger partial charge on any atom is -0.380 e. The van der Waals surface area contributed by atoms with Crippen LogP contribution in [-0.4, -0.2) is 19.3 Å². The van der Waals surface area contributed by atoms with Crippen LogP contribution in [0.2, 0.25) is 0 Å². The normalized spacial score (nSPS) is 25.5. The molecule has 0 bridgehead atoms. The molecule has 2 N–H and O–H groups in total. The van der Waals surface area contributed by atoms with E-state index in [0.29, 0.717) is 11.5 Å². The van der Waals surface area contributed by atoms with Gasteiger partial charge in [0.2, 0.25) is 0 Å². The molecular formula is C8H17NO. The van der Waals surface area contributed by atoms with Crippen molar-refractivity contribution >= 4 is 0 Å². The quantitative estimate of drug-likeness (QED) is 0.643. The number of hydrogen-bond donors (Lipinski definition) is 1. The van der Waals surface area contributed by atoms with E-state index < -0.39 is 0 Å². The molecule has 10 heavy (non-hydrogen) atoms. The van der Waals surface area contributed by atoms with Gasteiger partial charge in [-0.3, -0.25) is 0 Å². The highest BCUT2D eigenvalue weighted by Crippen LogP contribution is 2.35. The third-order valence-corrected chi connectivity index (χ3v) is 2.49. The fraction of sp³-hybridized carbons (Fsp3) is 1.00. The molecule has 0 spiro atoms. The van der Waals surface area contributed by atoms with Crippen LogP contribution in [0.25, 0.3) is 0 Å². The summed E-state index contributed by atoms with van der Waals surface area (Å²) >= 11 is 0. The molecule has 0 aliphatic carbocycles. The van der Waals surface area contributed by atoms with E-state index in [-0.39, 0.29) is 0 Å². The fourth-order valence-corrected chi connectivity index (χ4v) is 1.50. The van der Waals surface area contributed by atoms with Gasteiger partial charge >= 0.3 is 0 Å². The average Bonchev–Trinajstić information content (AvgIpc) is 1.77. The SMILES string of the molecule is CCCC1(C(C)N)COC1. The Hall–Kier alpha value is -0.0800. The van der Waals surface area contributed by atoms with E-state index in [0.717, 1.165) is 13.2 Å². The molecule has 1 saturated heterocycles. The Morgan fingerprint density at radius 1 is 1.60 bits per heavy atom. The molecule has 1 heterocycles. The molecule has 2 nitrogen and oxygen atoms in total. The van der Waals surface area contributed by atoms with Gasteiger partial charge in [-0.1, -0.05) is 13.3 Å². The number of nitrogens with two attached hydrogens (primary N) is 1. The molecule has 60 valence electrons. The summed E-state index contributed by atoms with van der Waals surface area (Å²) in [4.78, 5) is 0. The second-order valence-corrected chi connectivity index (χ2v) is 3.39. The largest absolute Gasteiger partial charge is 0.380 e. The van der Waals surface area contributed by atoms with Crippen molar-refractivity contribution in [2.75, 3.05) is 13.2 Å².